The molecule has 14 heteroatoms. The summed E-state index contributed by atoms with van der Waals surface area (Å²) in [4.78, 5) is 13.3. The molecule has 2 fully saturated rings. The molecule has 88 heavy (non-hydrogen) atoms. The van der Waals surface area contributed by atoms with E-state index in [0.717, 1.165) is 83.5 Å². The summed E-state index contributed by atoms with van der Waals surface area (Å²) >= 11 is 0. The van der Waals surface area contributed by atoms with Crippen LogP contribution in [0.1, 0.15) is 258 Å². The van der Waals surface area contributed by atoms with Crippen LogP contribution < -0.4 is 5.32 Å². The highest BCUT2D eigenvalue weighted by molar-refractivity contribution is 5.76. The lowest BCUT2D eigenvalue weighted by Gasteiger charge is -2.46. The molecule has 0 saturated carbocycles. The summed E-state index contributed by atoms with van der Waals surface area (Å²) in [6.45, 7) is 2.68. The fourth-order valence-corrected chi connectivity index (χ4v) is 10.9. The van der Waals surface area contributed by atoms with Crippen LogP contribution in [-0.4, -0.2) is 140 Å². The number of aliphatic hydroxyl groups excluding tert-OH is 8. The number of hydrogen-bond acceptors (Lipinski definition) is 13. The Bertz CT molecular complexity index is 1890. The zero-order valence-corrected chi connectivity index (χ0v) is 54.9. The number of hydrogen-bond donors (Lipinski definition) is 9. The first-order valence-corrected chi connectivity index (χ1v) is 35.1. The van der Waals surface area contributed by atoms with Crippen molar-refractivity contribution in [3.63, 3.8) is 0 Å². The second-order valence-corrected chi connectivity index (χ2v) is 24.3. The molecule has 2 aliphatic rings. The quantitative estimate of drug-likeness (QED) is 0.0204. The second kappa shape index (κ2) is 57.5. The summed E-state index contributed by atoms with van der Waals surface area (Å²) in [5, 5.41) is 87.4. The standard InChI is InChI=1S/C74H127NO13/c1-3-5-7-9-11-13-15-17-19-21-23-25-27-28-29-30-31-32-33-34-36-38-40-42-44-46-48-50-52-54-56-58-66(79)75-62(61-85-73-71(84)69(82)72(65(60-77)87-73)88-74-70(83)68(81)67(80)64(59-76)86-74)63(78)57-55-53-51-49-47-45-43-41-39-37-35-26-24-22-20-18-16-14-12-10-8-6-4-2/h5,7,11,13,17,19,23,25,28-29,31-32,34,36,47,49,55,57,62-65,67-74,76-78,80-84H,3-4,6,8-10,12,14-16,18,20-22,24,26-27,30,33,35,37-46,48,50-54,56,58-61H2,1-2H3,(H,75,79)/b7-5-,13-11-,19-17-,25-23-,29-28-,32-31-,36-34-,49-47+,57-55+. The predicted octanol–water partition coefficient (Wildman–Crippen LogP) is 14.3. The summed E-state index contributed by atoms with van der Waals surface area (Å²) in [5.74, 6) is -0.258. The van der Waals surface area contributed by atoms with Gasteiger partial charge in [-0.2, -0.15) is 0 Å². The molecule has 0 radical (unpaired) electrons. The number of ether oxygens (including phenoxy) is 4. The normalized spacial score (nSPS) is 23.8. The minimum Gasteiger partial charge on any atom is -0.394 e. The fourth-order valence-electron chi connectivity index (χ4n) is 10.9. The van der Waals surface area contributed by atoms with Crippen molar-refractivity contribution in [1.29, 1.82) is 0 Å². The van der Waals surface area contributed by atoms with Crippen LogP contribution in [0.25, 0.3) is 0 Å². The Labute approximate surface area is 534 Å². The Morgan fingerprint density at radius 2 is 0.795 bits per heavy atom. The van der Waals surface area contributed by atoms with Gasteiger partial charge in [-0.1, -0.05) is 271 Å². The van der Waals surface area contributed by atoms with Gasteiger partial charge in [0.25, 0.3) is 0 Å². The molecular formula is C74H127NO13. The molecule has 0 spiro atoms. The van der Waals surface area contributed by atoms with Crippen LogP contribution in [0.2, 0.25) is 0 Å². The van der Waals surface area contributed by atoms with Gasteiger partial charge < -0.3 is 65.1 Å². The fraction of sp³-hybridized carbons (Fsp3) is 0.743. The molecule has 0 aliphatic carbocycles. The molecule has 12 atom stereocenters. The Morgan fingerprint density at radius 1 is 0.420 bits per heavy atom. The first-order valence-electron chi connectivity index (χ1n) is 35.1. The molecule has 2 aliphatic heterocycles. The van der Waals surface area contributed by atoms with Crippen LogP contribution in [0.4, 0.5) is 0 Å². The van der Waals surface area contributed by atoms with E-state index in [1.165, 1.54) is 141 Å². The first kappa shape index (κ1) is 80.7. The zero-order valence-electron chi connectivity index (χ0n) is 54.9. The van der Waals surface area contributed by atoms with Gasteiger partial charge in [-0.05, 0) is 89.9 Å². The van der Waals surface area contributed by atoms with Gasteiger partial charge >= 0.3 is 0 Å². The van der Waals surface area contributed by atoms with Gasteiger partial charge in [-0.3, -0.25) is 4.79 Å². The predicted molar refractivity (Wildman–Crippen MR) is 359 cm³/mol. The minimum absolute atomic E-state index is 0.258. The zero-order chi connectivity index (χ0) is 63.8. The van der Waals surface area contributed by atoms with Gasteiger partial charge in [-0.25, -0.2) is 0 Å². The Hall–Kier alpha value is -3.35. The molecule has 2 heterocycles. The van der Waals surface area contributed by atoms with E-state index in [-0.39, 0.29) is 18.9 Å². The van der Waals surface area contributed by atoms with E-state index in [2.05, 4.69) is 116 Å². The molecule has 0 bridgehead atoms. The average molecular weight is 1240 g/mol. The maximum absolute atomic E-state index is 13.3. The number of carbonyl (C=O) groups excluding carboxylic acids is 1. The molecule has 14 nitrogen and oxygen atoms in total. The van der Waals surface area contributed by atoms with Gasteiger partial charge in [0.15, 0.2) is 12.6 Å². The van der Waals surface area contributed by atoms with Crippen molar-refractivity contribution >= 4 is 5.91 Å². The van der Waals surface area contributed by atoms with Crippen molar-refractivity contribution in [2.75, 3.05) is 19.8 Å². The third kappa shape index (κ3) is 41.2. The monoisotopic (exact) mass is 1240 g/mol. The average Bonchev–Trinajstić information content (AvgIpc) is 3.10. The topological polar surface area (TPSA) is 228 Å². The molecule has 506 valence electrons. The third-order valence-corrected chi connectivity index (χ3v) is 16.4. The molecule has 12 unspecified atom stereocenters. The summed E-state index contributed by atoms with van der Waals surface area (Å²) in [7, 11) is 0. The number of aliphatic hydroxyl groups is 8. The summed E-state index contributed by atoms with van der Waals surface area (Å²) in [6, 6.07) is -0.944. The van der Waals surface area contributed by atoms with Crippen molar-refractivity contribution in [1.82, 2.24) is 5.32 Å². The van der Waals surface area contributed by atoms with Crippen molar-refractivity contribution in [2.24, 2.45) is 0 Å². The van der Waals surface area contributed by atoms with Crippen LogP contribution in [0, 0.1) is 0 Å². The van der Waals surface area contributed by atoms with Crippen LogP contribution in [0.3, 0.4) is 0 Å². The smallest absolute Gasteiger partial charge is 0.220 e. The van der Waals surface area contributed by atoms with E-state index >= 15 is 0 Å². The van der Waals surface area contributed by atoms with Gasteiger partial charge in [0.2, 0.25) is 5.91 Å². The van der Waals surface area contributed by atoms with Crippen molar-refractivity contribution < 1.29 is 64.6 Å². The van der Waals surface area contributed by atoms with Gasteiger partial charge in [-0.15, -0.1) is 0 Å². The number of amides is 1. The van der Waals surface area contributed by atoms with Gasteiger partial charge in [0, 0.05) is 6.42 Å². The highest BCUT2D eigenvalue weighted by Crippen LogP contribution is 2.30. The number of rotatable bonds is 56. The molecule has 0 aromatic rings. The molecular weight excluding hydrogens is 1110 g/mol. The van der Waals surface area contributed by atoms with E-state index in [1.807, 2.05) is 6.08 Å². The van der Waals surface area contributed by atoms with Crippen molar-refractivity contribution in [3.05, 3.63) is 109 Å². The minimum atomic E-state index is -1.80. The summed E-state index contributed by atoms with van der Waals surface area (Å²) < 4.78 is 22.8. The number of unbranched alkanes of at least 4 members (excludes halogenated alkanes) is 27. The highest BCUT2D eigenvalue weighted by atomic mass is 16.7. The Balaban J connectivity index is 1.71. The summed E-state index contributed by atoms with van der Waals surface area (Å²) in [5.41, 5.74) is 0. The van der Waals surface area contributed by atoms with E-state index in [1.54, 1.807) is 6.08 Å². The van der Waals surface area contributed by atoms with Crippen LogP contribution >= 0.6 is 0 Å². The van der Waals surface area contributed by atoms with Crippen molar-refractivity contribution in [2.45, 2.75) is 331 Å². The van der Waals surface area contributed by atoms with E-state index in [4.69, 9.17) is 18.9 Å². The maximum Gasteiger partial charge on any atom is 0.220 e. The lowest BCUT2D eigenvalue weighted by Crippen LogP contribution is -2.65. The van der Waals surface area contributed by atoms with Crippen molar-refractivity contribution in [3.8, 4) is 0 Å². The molecule has 9 N–H and O–H groups in total. The summed E-state index contributed by atoms with van der Waals surface area (Å²) in [6.07, 6.45) is 65.6. The first-order chi connectivity index (χ1) is 43.1. The second-order valence-electron chi connectivity index (χ2n) is 24.3. The lowest BCUT2D eigenvalue weighted by molar-refractivity contribution is -0.359. The van der Waals surface area contributed by atoms with Crippen LogP contribution in [0.15, 0.2) is 109 Å². The van der Waals surface area contributed by atoms with Gasteiger partial charge in [0.1, 0.15) is 48.8 Å². The lowest BCUT2D eigenvalue weighted by atomic mass is 9.97. The Morgan fingerprint density at radius 3 is 1.25 bits per heavy atom. The van der Waals surface area contributed by atoms with Crippen LogP contribution in [0.5, 0.6) is 0 Å². The molecule has 1 amide bonds. The van der Waals surface area contributed by atoms with Crippen LogP contribution in [-0.2, 0) is 23.7 Å². The number of nitrogens with one attached hydrogen (secondary N) is 1. The molecule has 0 aromatic carbocycles. The number of allylic oxidation sites excluding steroid dienone is 17. The SMILES string of the molecule is CC/C=C\C/C=C\C/C=C\C/C=C\C/C=C\C/C=C\C/C=C\CCCCCCCCCCCC(=O)NC(COC1OC(CO)C(OC2OC(CO)C(O)C(O)C2O)C(O)C1O)C(O)/C=C/CC/C=C/CCCCCCCCCCCCCCCCCCC. The molecule has 2 rings (SSSR count). The third-order valence-electron chi connectivity index (χ3n) is 16.4. The largest absolute Gasteiger partial charge is 0.394 e. The van der Waals surface area contributed by atoms with E-state index in [0.29, 0.717) is 12.8 Å². The Kier molecular flexibility index (Phi) is 52.8. The van der Waals surface area contributed by atoms with Gasteiger partial charge in [0.05, 0.1) is 32.0 Å². The number of carbonyl (C=O) groups is 1. The maximum atomic E-state index is 13.3. The van der Waals surface area contributed by atoms with E-state index < -0.39 is 86.8 Å². The molecule has 0 aromatic heterocycles. The highest BCUT2D eigenvalue weighted by Gasteiger charge is 2.51. The van der Waals surface area contributed by atoms with E-state index in [9.17, 15) is 45.6 Å². The molecule has 2 saturated heterocycles.